The first-order valence-electron chi connectivity index (χ1n) is 17.8. The van der Waals surface area contributed by atoms with Crippen LogP contribution in [0.1, 0.15) is 74.3 Å². The van der Waals surface area contributed by atoms with Gasteiger partial charge in [-0.2, -0.15) is 0 Å². The first kappa shape index (κ1) is 24.9. The van der Waals surface area contributed by atoms with Crippen molar-refractivity contribution >= 4 is 43.4 Å². The Morgan fingerprint density at radius 2 is 1.50 bits per heavy atom. The van der Waals surface area contributed by atoms with Crippen molar-refractivity contribution in [2.24, 2.45) is 5.41 Å². The molecule has 0 radical (unpaired) electrons. The fourth-order valence-corrected chi connectivity index (χ4v) is 9.14. The van der Waals surface area contributed by atoms with Crippen LogP contribution < -0.4 is 9.13 Å². The van der Waals surface area contributed by atoms with Crippen molar-refractivity contribution < 1.29 is 17.7 Å². The van der Waals surface area contributed by atoms with Crippen molar-refractivity contribution in [2.75, 3.05) is 0 Å². The SMILES string of the molecule is [2H]Cc1c[n+]2c(cc1C([2H])([2H])C(C)(C)C)-c1c(ccc3c1oc1c3ccc3c(C)c(C)sc31)C21c2cc(C)ccc2-c2cc(C)c(C)c[n+]21. The van der Waals surface area contributed by atoms with Gasteiger partial charge < -0.3 is 4.42 Å². The smallest absolute Gasteiger partial charge is 0.417 e. The van der Waals surface area contributed by atoms with Crippen molar-refractivity contribution in [2.45, 2.75) is 74.3 Å². The maximum absolute atomic E-state index is 9.43. The van der Waals surface area contributed by atoms with E-state index in [9.17, 15) is 2.74 Å². The van der Waals surface area contributed by atoms with E-state index in [1.807, 2.05) is 26.8 Å². The Bertz CT molecular complexity index is 2620. The summed E-state index contributed by atoms with van der Waals surface area (Å²) in [6.45, 7) is 16.6. The molecule has 9 rings (SSSR count). The molecule has 3 aromatic carbocycles. The maximum atomic E-state index is 9.43. The summed E-state index contributed by atoms with van der Waals surface area (Å²) in [6, 6.07) is 20.0. The van der Waals surface area contributed by atoms with E-state index < -0.39 is 17.5 Å². The van der Waals surface area contributed by atoms with E-state index in [1.54, 1.807) is 11.3 Å². The van der Waals surface area contributed by atoms with Gasteiger partial charge >= 0.3 is 5.66 Å². The van der Waals surface area contributed by atoms with Crippen molar-refractivity contribution in [1.29, 1.82) is 0 Å². The van der Waals surface area contributed by atoms with Crippen LogP contribution in [-0.2, 0) is 12.0 Å². The number of pyridine rings is 2. The molecule has 2 aliphatic heterocycles. The topological polar surface area (TPSA) is 20.9 Å². The second-order valence-corrected chi connectivity index (χ2v) is 15.8. The molecule has 46 heavy (non-hydrogen) atoms. The summed E-state index contributed by atoms with van der Waals surface area (Å²) in [6.07, 6.45) is 2.67. The zero-order valence-electron chi connectivity index (χ0n) is 30.8. The van der Waals surface area contributed by atoms with Gasteiger partial charge in [0.2, 0.25) is 11.4 Å². The molecule has 4 heteroatoms. The molecule has 1 spiro atoms. The number of aromatic nitrogens is 2. The summed E-state index contributed by atoms with van der Waals surface area (Å²) >= 11 is 1.79. The summed E-state index contributed by atoms with van der Waals surface area (Å²) in [7, 11) is 0. The minimum absolute atomic E-state index is 0.0299. The van der Waals surface area contributed by atoms with E-state index in [0.29, 0.717) is 11.1 Å². The molecule has 6 heterocycles. The number of hydrogen-bond acceptors (Lipinski definition) is 2. The summed E-state index contributed by atoms with van der Waals surface area (Å²) in [5, 5.41) is 3.38. The molecule has 1 unspecified atom stereocenters. The Morgan fingerprint density at radius 3 is 2.28 bits per heavy atom. The minimum Gasteiger partial charge on any atom is -0.454 e. The highest BCUT2D eigenvalue weighted by Gasteiger charge is 2.67. The van der Waals surface area contributed by atoms with Gasteiger partial charge in [-0.1, -0.05) is 38.5 Å². The summed E-state index contributed by atoms with van der Waals surface area (Å²) in [4.78, 5) is 1.29. The third-order valence-corrected chi connectivity index (χ3v) is 11.6. The van der Waals surface area contributed by atoms with Crippen molar-refractivity contribution in [3.8, 4) is 22.5 Å². The average Bonchev–Trinajstić information content (AvgIpc) is 3.74. The van der Waals surface area contributed by atoms with Crippen molar-refractivity contribution in [3.05, 3.63) is 116 Å². The van der Waals surface area contributed by atoms with Gasteiger partial charge in [0.25, 0.3) is 0 Å². The Labute approximate surface area is 279 Å². The van der Waals surface area contributed by atoms with Crippen LogP contribution in [0.5, 0.6) is 0 Å². The number of fused-ring (bicyclic) bond motifs is 16. The van der Waals surface area contributed by atoms with Crippen LogP contribution in [0, 0.1) is 46.9 Å². The van der Waals surface area contributed by atoms with E-state index >= 15 is 0 Å². The predicted octanol–water partition coefficient (Wildman–Crippen LogP) is 10.1. The second-order valence-electron chi connectivity index (χ2n) is 14.5. The summed E-state index contributed by atoms with van der Waals surface area (Å²) in [5.41, 5.74) is 12.9. The largest absolute Gasteiger partial charge is 0.454 e. The Hall–Kier alpha value is -4.28. The molecule has 0 bridgehead atoms. The lowest BCUT2D eigenvalue weighted by molar-refractivity contribution is -0.955. The molecule has 228 valence electrons. The molecule has 7 aromatic rings. The van der Waals surface area contributed by atoms with Gasteiger partial charge in [0, 0.05) is 43.0 Å². The lowest BCUT2D eigenvalue weighted by atomic mass is 9.86. The molecule has 0 amide bonds. The Kier molecular flexibility index (Phi) is 4.84. The number of nitrogens with zero attached hydrogens (tertiary/aromatic N) is 2. The van der Waals surface area contributed by atoms with Crippen LogP contribution in [0.4, 0.5) is 0 Å². The number of furan rings is 1. The molecule has 3 nitrogen and oxygen atoms in total. The van der Waals surface area contributed by atoms with Gasteiger partial charge in [0.15, 0.2) is 18.0 Å². The van der Waals surface area contributed by atoms with E-state index in [-0.39, 0.29) is 6.90 Å². The van der Waals surface area contributed by atoms with Crippen LogP contribution in [0.3, 0.4) is 0 Å². The van der Waals surface area contributed by atoms with Crippen LogP contribution >= 0.6 is 11.3 Å². The minimum atomic E-state index is -1.68. The molecule has 0 aliphatic carbocycles. The second kappa shape index (κ2) is 8.95. The third-order valence-electron chi connectivity index (χ3n) is 10.3. The van der Waals surface area contributed by atoms with Crippen LogP contribution in [-0.4, -0.2) is 0 Å². The highest BCUT2D eigenvalue weighted by atomic mass is 32.1. The van der Waals surface area contributed by atoms with Gasteiger partial charge in [0.1, 0.15) is 22.3 Å². The van der Waals surface area contributed by atoms with E-state index in [0.717, 1.165) is 44.5 Å². The van der Waals surface area contributed by atoms with Crippen LogP contribution in [0.15, 0.2) is 71.4 Å². The third kappa shape index (κ3) is 3.43. The van der Waals surface area contributed by atoms with Gasteiger partial charge in [-0.3, -0.25) is 0 Å². The van der Waals surface area contributed by atoms with Crippen LogP contribution in [0.25, 0.3) is 54.5 Å². The Morgan fingerprint density at radius 1 is 0.783 bits per heavy atom. The van der Waals surface area contributed by atoms with E-state index in [4.69, 9.17) is 5.79 Å². The predicted molar refractivity (Wildman–Crippen MR) is 190 cm³/mol. The van der Waals surface area contributed by atoms with Crippen molar-refractivity contribution in [1.82, 2.24) is 0 Å². The van der Waals surface area contributed by atoms with Gasteiger partial charge in [-0.15, -0.1) is 20.5 Å². The van der Waals surface area contributed by atoms with E-state index in [2.05, 4.69) is 105 Å². The molecular weight excluding hydrogens is 581 g/mol. The standard InChI is InChI=1S/C42H40N2OS/c1-22-10-11-32-34(16-22)42(43-20-24(3)23(2)17-35(32)43)33-15-14-30-31-13-12-29-26(5)27(6)46-40(29)39(31)45-38(30)37(33)36-18-28(19-41(7,8)9)25(4)21-44(36)42/h10-18,20-21H,19H2,1-9H3/q+2/i4D,19D2. The molecule has 0 N–H and O–H groups in total. The summed E-state index contributed by atoms with van der Waals surface area (Å²) < 4.78 is 40.6. The fraction of sp³-hybridized carbons (Fsp3) is 0.286. The van der Waals surface area contributed by atoms with E-state index in [1.165, 1.54) is 48.3 Å². The van der Waals surface area contributed by atoms with Gasteiger partial charge in [-0.05, 0) is 106 Å². The first-order valence-corrected chi connectivity index (χ1v) is 16.9. The number of thiophene rings is 1. The fourth-order valence-electron chi connectivity index (χ4n) is 7.99. The lowest BCUT2D eigenvalue weighted by Gasteiger charge is -2.21. The maximum Gasteiger partial charge on any atom is 0.417 e. The summed E-state index contributed by atoms with van der Waals surface area (Å²) in [5.74, 6) is 0. The molecule has 0 fully saturated rings. The van der Waals surface area contributed by atoms with Crippen molar-refractivity contribution in [3.63, 3.8) is 0 Å². The molecular formula is C42H40N2OS+2. The van der Waals surface area contributed by atoms with Gasteiger partial charge in [-0.25, -0.2) is 0 Å². The molecule has 2 aliphatic rings. The quantitative estimate of drug-likeness (QED) is 0.167. The lowest BCUT2D eigenvalue weighted by Crippen LogP contribution is -2.71. The molecule has 4 aromatic heterocycles. The first-order chi connectivity index (χ1) is 23.2. The van der Waals surface area contributed by atoms with Gasteiger partial charge in [0.05, 0.1) is 10.3 Å². The zero-order chi connectivity index (χ0) is 34.5. The average molecular weight is 624 g/mol. The molecule has 0 saturated carbocycles. The normalized spacial score (nSPS) is 17.8. The monoisotopic (exact) mass is 623 g/mol. The Balaban J connectivity index is 1.51. The number of hydrogen-bond donors (Lipinski definition) is 0. The number of benzene rings is 3. The highest BCUT2D eigenvalue weighted by Crippen LogP contribution is 2.52. The molecule has 1 atom stereocenters. The number of rotatable bonds is 1. The molecule has 0 saturated heterocycles. The zero-order valence-corrected chi connectivity index (χ0v) is 28.6. The number of aryl methyl sites for hydroxylation is 6. The highest BCUT2D eigenvalue weighted by molar-refractivity contribution is 7.20. The van der Waals surface area contributed by atoms with Crippen LogP contribution in [0.2, 0.25) is 0 Å².